The van der Waals surface area contributed by atoms with Gasteiger partial charge in [-0.2, -0.15) is 0 Å². The molecule has 16 heavy (non-hydrogen) atoms. The Labute approximate surface area is 93.7 Å². The summed E-state index contributed by atoms with van der Waals surface area (Å²) < 4.78 is 5.40. The first kappa shape index (κ1) is 9.48. The summed E-state index contributed by atoms with van der Waals surface area (Å²) in [5, 5.41) is 13.2. The molecule has 0 radical (unpaired) electrons. The van der Waals surface area contributed by atoms with Gasteiger partial charge in [-0.3, -0.25) is 0 Å². The van der Waals surface area contributed by atoms with Gasteiger partial charge < -0.3 is 14.8 Å². The van der Waals surface area contributed by atoms with Crippen LogP contribution in [0.2, 0.25) is 0 Å². The maximum atomic E-state index is 9.87. The minimum Gasteiger partial charge on any atom is -0.508 e. The van der Waals surface area contributed by atoms with Crippen LogP contribution in [0.15, 0.2) is 41.0 Å². The Morgan fingerprint density at radius 2 is 2.06 bits per heavy atom. The van der Waals surface area contributed by atoms with Crippen molar-refractivity contribution < 1.29 is 9.52 Å². The zero-order chi connectivity index (χ0) is 11.0. The molecule has 0 amide bonds. The van der Waals surface area contributed by atoms with Gasteiger partial charge >= 0.3 is 0 Å². The number of furan rings is 1. The van der Waals surface area contributed by atoms with Crippen molar-refractivity contribution in [2.24, 2.45) is 0 Å². The minimum atomic E-state index is 0.184. The fourth-order valence-electron chi connectivity index (χ4n) is 2.30. The van der Waals surface area contributed by atoms with Crippen LogP contribution in [-0.2, 0) is 6.54 Å². The molecule has 0 saturated heterocycles. The summed E-state index contributed by atoms with van der Waals surface area (Å²) in [4.78, 5) is 0. The van der Waals surface area contributed by atoms with Crippen LogP contribution in [0.5, 0.6) is 5.75 Å². The molecule has 0 aliphatic carbocycles. The van der Waals surface area contributed by atoms with E-state index in [2.05, 4.69) is 5.32 Å². The van der Waals surface area contributed by atoms with Crippen LogP contribution < -0.4 is 5.32 Å². The summed E-state index contributed by atoms with van der Waals surface area (Å²) >= 11 is 0. The molecule has 3 heteroatoms. The van der Waals surface area contributed by atoms with Crippen LogP contribution in [0.4, 0.5) is 0 Å². The van der Waals surface area contributed by atoms with Gasteiger partial charge in [0.2, 0.25) is 0 Å². The van der Waals surface area contributed by atoms with Gasteiger partial charge in [0.05, 0.1) is 12.8 Å². The van der Waals surface area contributed by atoms with Crippen molar-refractivity contribution >= 4 is 0 Å². The summed E-state index contributed by atoms with van der Waals surface area (Å²) in [6.07, 6.45) is 1.71. The average molecular weight is 215 g/mol. The van der Waals surface area contributed by atoms with Crippen molar-refractivity contribution in [2.75, 3.05) is 6.54 Å². The third-order valence-electron chi connectivity index (χ3n) is 3.10. The molecule has 1 atom stereocenters. The van der Waals surface area contributed by atoms with Gasteiger partial charge in [-0.05, 0) is 12.1 Å². The van der Waals surface area contributed by atoms with Crippen LogP contribution in [0.3, 0.4) is 0 Å². The van der Waals surface area contributed by atoms with Gasteiger partial charge in [-0.25, -0.2) is 0 Å². The number of phenolic OH excluding ortho intramolecular Hbond substituents is 1. The first-order valence-electron chi connectivity index (χ1n) is 5.41. The number of fused-ring (bicyclic) bond motifs is 1. The SMILES string of the molecule is Oc1ccccc1C1CNCc2occc21. The Kier molecular flexibility index (Phi) is 2.18. The molecular weight excluding hydrogens is 202 g/mol. The van der Waals surface area contributed by atoms with E-state index in [4.69, 9.17) is 4.42 Å². The zero-order valence-electron chi connectivity index (χ0n) is 8.81. The van der Waals surface area contributed by atoms with Crippen molar-refractivity contribution in [3.05, 3.63) is 53.5 Å². The smallest absolute Gasteiger partial charge is 0.121 e. The topological polar surface area (TPSA) is 45.4 Å². The van der Waals surface area contributed by atoms with E-state index in [1.54, 1.807) is 12.3 Å². The van der Waals surface area contributed by atoms with Crippen LogP contribution >= 0.6 is 0 Å². The van der Waals surface area contributed by atoms with Crippen molar-refractivity contribution in [3.63, 3.8) is 0 Å². The van der Waals surface area contributed by atoms with Gasteiger partial charge in [0.15, 0.2) is 0 Å². The van der Waals surface area contributed by atoms with Crippen LogP contribution in [0, 0.1) is 0 Å². The van der Waals surface area contributed by atoms with Crippen molar-refractivity contribution in [3.8, 4) is 5.75 Å². The summed E-state index contributed by atoms with van der Waals surface area (Å²) in [6, 6.07) is 9.47. The highest BCUT2D eigenvalue weighted by Crippen LogP contribution is 2.34. The van der Waals surface area contributed by atoms with Gasteiger partial charge in [0.1, 0.15) is 11.5 Å². The molecule has 2 aromatic rings. The van der Waals surface area contributed by atoms with E-state index < -0.39 is 0 Å². The molecule has 0 fully saturated rings. The van der Waals surface area contributed by atoms with E-state index in [-0.39, 0.29) is 5.92 Å². The number of para-hydroxylation sites is 1. The molecule has 1 aliphatic rings. The first-order chi connectivity index (χ1) is 7.86. The molecule has 0 saturated carbocycles. The summed E-state index contributed by atoms with van der Waals surface area (Å²) in [5.74, 6) is 1.51. The van der Waals surface area contributed by atoms with Crippen molar-refractivity contribution in [1.82, 2.24) is 5.32 Å². The summed E-state index contributed by atoms with van der Waals surface area (Å²) in [5.41, 5.74) is 2.14. The molecule has 2 heterocycles. The van der Waals surface area contributed by atoms with Crippen molar-refractivity contribution in [2.45, 2.75) is 12.5 Å². The quantitative estimate of drug-likeness (QED) is 0.766. The third kappa shape index (κ3) is 1.41. The van der Waals surface area contributed by atoms with Gasteiger partial charge in [-0.15, -0.1) is 0 Å². The maximum Gasteiger partial charge on any atom is 0.121 e. The Balaban J connectivity index is 2.08. The van der Waals surface area contributed by atoms with Crippen molar-refractivity contribution in [1.29, 1.82) is 0 Å². The molecule has 2 N–H and O–H groups in total. The first-order valence-corrected chi connectivity index (χ1v) is 5.41. The number of phenols is 1. The Hall–Kier alpha value is -1.74. The number of aromatic hydroxyl groups is 1. The zero-order valence-corrected chi connectivity index (χ0v) is 8.81. The second kappa shape index (κ2) is 3.68. The van der Waals surface area contributed by atoms with Gasteiger partial charge in [-0.1, -0.05) is 18.2 Å². The lowest BCUT2D eigenvalue weighted by Gasteiger charge is -2.23. The number of hydrogen-bond acceptors (Lipinski definition) is 3. The largest absolute Gasteiger partial charge is 0.508 e. The lowest BCUT2D eigenvalue weighted by atomic mass is 9.88. The normalized spacial score (nSPS) is 19.4. The Bertz CT molecular complexity index is 504. The molecule has 0 spiro atoms. The van der Waals surface area contributed by atoms with Gasteiger partial charge in [0.25, 0.3) is 0 Å². The second-order valence-electron chi connectivity index (χ2n) is 4.04. The molecular formula is C13H13NO2. The Morgan fingerprint density at radius 3 is 2.94 bits per heavy atom. The van der Waals surface area contributed by atoms with E-state index in [9.17, 15) is 5.11 Å². The fraction of sp³-hybridized carbons (Fsp3) is 0.231. The monoisotopic (exact) mass is 215 g/mol. The second-order valence-corrected chi connectivity index (χ2v) is 4.04. The lowest BCUT2D eigenvalue weighted by molar-refractivity contribution is 0.436. The van der Waals surface area contributed by atoms with Crippen LogP contribution in [-0.4, -0.2) is 11.7 Å². The average Bonchev–Trinajstić information content (AvgIpc) is 2.77. The molecule has 3 rings (SSSR count). The highest BCUT2D eigenvalue weighted by Gasteiger charge is 2.25. The van der Waals surface area contributed by atoms with E-state index in [0.29, 0.717) is 5.75 Å². The van der Waals surface area contributed by atoms with E-state index in [0.717, 1.165) is 24.4 Å². The Morgan fingerprint density at radius 1 is 1.19 bits per heavy atom. The lowest BCUT2D eigenvalue weighted by Crippen LogP contribution is -2.27. The van der Waals surface area contributed by atoms with E-state index in [1.807, 2.05) is 24.3 Å². The molecule has 0 bridgehead atoms. The number of rotatable bonds is 1. The standard InChI is InChI=1S/C13H13NO2/c15-12-4-2-1-3-9(12)11-7-14-8-13-10(11)5-6-16-13/h1-6,11,14-15H,7-8H2. The van der Waals surface area contributed by atoms with Crippen LogP contribution in [0.1, 0.15) is 22.8 Å². The molecule has 82 valence electrons. The number of benzene rings is 1. The predicted octanol–water partition coefficient (Wildman–Crippen LogP) is 2.22. The fourth-order valence-corrected chi connectivity index (χ4v) is 2.30. The highest BCUT2D eigenvalue weighted by atomic mass is 16.3. The van der Waals surface area contributed by atoms with E-state index in [1.165, 1.54) is 5.56 Å². The molecule has 1 aliphatic heterocycles. The molecule has 3 nitrogen and oxygen atoms in total. The maximum absolute atomic E-state index is 9.87. The predicted molar refractivity (Wildman–Crippen MR) is 60.4 cm³/mol. The minimum absolute atomic E-state index is 0.184. The van der Waals surface area contributed by atoms with Gasteiger partial charge in [0, 0.05) is 23.6 Å². The summed E-state index contributed by atoms with van der Waals surface area (Å²) in [6.45, 7) is 1.61. The number of hydrogen-bond donors (Lipinski definition) is 2. The number of nitrogens with one attached hydrogen (secondary N) is 1. The highest BCUT2D eigenvalue weighted by molar-refractivity contribution is 5.43. The van der Waals surface area contributed by atoms with Crippen LogP contribution in [0.25, 0.3) is 0 Å². The molecule has 1 unspecified atom stereocenters. The molecule has 1 aromatic heterocycles. The van der Waals surface area contributed by atoms with E-state index >= 15 is 0 Å². The molecule has 1 aromatic carbocycles. The summed E-state index contributed by atoms with van der Waals surface area (Å²) in [7, 11) is 0. The third-order valence-corrected chi connectivity index (χ3v) is 3.10.